The summed E-state index contributed by atoms with van der Waals surface area (Å²) in [7, 11) is -3.71. The van der Waals surface area contributed by atoms with E-state index in [9.17, 15) is 8.42 Å². The zero-order valence-corrected chi connectivity index (χ0v) is 16.8. The monoisotopic (exact) mass is 413 g/mol. The third kappa shape index (κ3) is 4.50. The van der Waals surface area contributed by atoms with Crippen molar-refractivity contribution in [3.63, 3.8) is 0 Å². The average Bonchev–Trinajstić information content (AvgIpc) is 3.22. The summed E-state index contributed by atoms with van der Waals surface area (Å²) in [5, 5.41) is 9.10. The first kappa shape index (κ1) is 20.0. The fourth-order valence-electron chi connectivity index (χ4n) is 3.80. The number of hydrogen-bond donors (Lipinski definition) is 1. The topological polar surface area (TPSA) is 91.7 Å². The molecule has 2 aliphatic heterocycles. The summed E-state index contributed by atoms with van der Waals surface area (Å²) < 4.78 is 39.9. The molecular formula is C21H23N3O4S. The van der Waals surface area contributed by atoms with Crippen molar-refractivity contribution in [3.8, 4) is 17.2 Å². The average molecular weight is 413 g/mol. The van der Waals surface area contributed by atoms with Crippen molar-refractivity contribution >= 4 is 10.0 Å². The molecule has 2 fully saturated rings. The molecular weight excluding hydrogens is 390 g/mol. The molecule has 2 saturated heterocycles. The second kappa shape index (κ2) is 8.61. The lowest BCUT2D eigenvalue weighted by Crippen LogP contribution is -2.54. The second-order valence-electron chi connectivity index (χ2n) is 7.20. The Bertz CT molecular complexity index is 1010. The van der Waals surface area contributed by atoms with Crippen LogP contribution in [0.3, 0.4) is 0 Å². The quantitative estimate of drug-likeness (QED) is 0.801. The number of nitrogens with one attached hydrogen (secondary N) is 1. The van der Waals surface area contributed by atoms with Crippen LogP contribution >= 0.6 is 0 Å². The van der Waals surface area contributed by atoms with Crippen LogP contribution in [0.1, 0.15) is 5.56 Å². The van der Waals surface area contributed by atoms with Crippen LogP contribution in [0.4, 0.5) is 0 Å². The molecule has 2 aromatic carbocycles. The summed E-state index contributed by atoms with van der Waals surface area (Å²) in [5.74, 6) is 0. The van der Waals surface area contributed by atoms with Gasteiger partial charge in [-0.05, 0) is 35.4 Å². The van der Waals surface area contributed by atoms with Gasteiger partial charge in [-0.2, -0.15) is 5.26 Å². The van der Waals surface area contributed by atoms with Crippen LogP contribution in [0.5, 0.6) is 0 Å². The summed E-state index contributed by atoms with van der Waals surface area (Å²) in [4.78, 5) is 2.43. The lowest BCUT2D eigenvalue weighted by atomic mass is 10.0. The molecule has 0 amide bonds. The standard InChI is InChI=1S/C21H23N3O4S/c22-13-16-3-1-4-17(11-16)18-5-2-6-19(12-18)29(25,26)23-20-14-28-15-21(20)24-7-9-27-10-8-24/h1-6,11-12,20-21,23H,7-10,14-15H2/t20-,21-/m0/s1. The van der Waals surface area contributed by atoms with Gasteiger partial charge in [-0.15, -0.1) is 0 Å². The minimum absolute atomic E-state index is 0.00386. The highest BCUT2D eigenvalue weighted by atomic mass is 32.2. The van der Waals surface area contributed by atoms with Crippen molar-refractivity contribution in [2.75, 3.05) is 39.5 Å². The number of ether oxygens (including phenoxy) is 2. The molecule has 0 radical (unpaired) electrons. The van der Waals surface area contributed by atoms with E-state index in [0.29, 0.717) is 32.0 Å². The van der Waals surface area contributed by atoms with Crippen molar-refractivity contribution in [1.29, 1.82) is 5.26 Å². The molecule has 152 valence electrons. The van der Waals surface area contributed by atoms with Gasteiger partial charge in [0.25, 0.3) is 0 Å². The van der Waals surface area contributed by atoms with Crippen LogP contribution in [-0.4, -0.2) is 64.9 Å². The lowest BCUT2D eigenvalue weighted by molar-refractivity contribution is 0.0117. The zero-order valence-electron chi connectivity index (χ0n) is 16.0. The number of sulfonamides is 1. The van der Waals surface area contributed by atoms with Gasteiger partial charge in [-0.25, -0.2) is 13.1 Å². The van der Waals surface area contributed by atoms with E-state index in [2.05, 4.69) is 15.7 Å². The molecule has 0 unspecified atom stereocenters. The van der Waals surface area contributed by atoms with Gasteiger partial charge in [0, 0.05) is 13.1 Å². The van der Waals surface area contributed by atoms with Crippen molar-refractivity contribution in [3.05, 3.63) is 54.1 Å². The lowest BCUT2D eigenvalue weighted by Gasteiger charge is -2.34. The van der Waals surface area contributed by atoms with Gasteiger partial charge in [0.1, 0.15) is 0 Å². The Kier molecular flexibility index (Phi) is 5.94. The number of hydrogen-bond acceptors (Lipinski definition) is 6. The molecule has 0 aliphatic carbocycles. The van der Waals surface area contributed by atoms with E-state index in [1.807, 2.05) is 12.1 Å². The van der Waals surface area contributed by atoms with E-state index >= 15 is 0 Å². The summed E-state index contributed by atoms with van der Waals surface area (Å²) in [5.41, 5.74) is 2.08. The van der Waals surface area contributed by atoms with E-state index in [0.717, 1.165) is 24.2 Å². The Hall–Kier alpha value is -2.28. The van der Waals surface area contributed by atoms with Crippen LogP contribution in [0.2, 0.25) is 0 Å². The van der Waals surface area contributed by atoms with Crippen molar-refractivity contribution in [1.82, 2.24) is 9.62 Å². The van der Waals surface area contributed by atoms with Gasteiger partial charge in [-0.1, -0.05) is 24.3 Å². The van der Waals surface area contributed by atoms with Crippen LogP contribution in [0.25, 0.3) is 11.1 Å². The van der Waals surface area contributed by atoms with Crippen molar-refractivity contribution in [2.45, 2.75) is 17.0 Å². The summed E-state index contributed by atoms with van der Waals surface area (Å²) in [6.07, 6.45) is 0. The van der Waals surface area contributed by atoms with Crippen LogP contribution < -0.4 is 4.72 Å². The molecule has 29 heavy (non-hydrogen) atoms. The van der Waals surface area contributed by atoms with Gasteiger partial charge in [0.15, 0.2) is 0 Å². The van der Waals surface area contributed by atoms with E-state index in [1.54, 1.807) is 36.4 Å². The Balaban J connectivity index is 1.55. The maximum Gasteiger partial charge on any atom is 0.240 e. The molecule has 0 bridgehead atoms. The molecule has 2 atom stereocenters. The van der Waals surface area contributed by atoms with E-state index in [4.69, 9.17) is 14.7 Å². The molecule has 4 rings (SSSR count). The summed E-state index contributed by atoms with van der Waals surface area (Å²) in [6.45, 7) is 3.72. The largest absolute Gasteiger partial charge is 0.379 e. The Morgan fingerprint density at radius 1 is 1.00 bits per heavy atom. The zero-order chi connectivity index (χ0) is 20.3. The first-order valence-corrected chi connectivity index (χ1v) is 11.1. The van der Waals surface area contributed by atoms with Crippen molar-refractivity contribution in [2.24, 2.45) is 0 Å². The number of rotatable bonds is 5. The molecule has 7 nitrogen and oxygen atoms in total. The molecule has 0 saturated carbocycles. The molecule has 1 N–H and O–H groups in total. The highest BCUT2D eigenvalue weighted by molar-refractivity contribution is 7.89. The highest BCUT2D eigenvalue weighted by Gasteiger charge is 2.36. The minimum Gasteiger partial charge on any atom is -0.379 e. The molecule has 0 aromatic heterocycles. The Labute approximate surface area is 170 Å². The molecule has 2 aliphatic rings. The fraction of sp³-hybridized carbons (Fsp3) is 0.381. The SMILES string of the molecule is N#Cc1cccc(-c2cccc(S(=O)(=O)N[C@H]3COC[C@@H]3N3CCOCC3)c2)c1. The Morgan fingerprint density at radius 2 is 1.72 bits per heavy atom. The normalized spacial score (nSPS) is 23.0. The first-order valence-electron chi connectivity index (χ1n) is 9.59. The second-order valence-corrected chi connectivity index (χ2v) is 8.92. The molecule has 2 heterocycles. The third-order valence-electron chi connectivity index (χ3n) is 5.34. The predicted molar refractivity (Wildman–Crippen MR) is 108 cm³/mol. The van der Waals surface area contributed by atoms with Gasteiger partial charge < -0.3 is 9.47 Å². The minimum atomic E-state index is -3.71. The maximum atomic E-state index is 13.1. The first-order chi connectivity index (χ1) is 14.1. The number of nitriles is 1. The van der Waals surface area contributed by atoms with E-state index in [1.165, 1.54) is 0 Å². The third-order valence-corrected chi connectivity index (χ3v) is 6.83. The van der Waals surface area contributed by atoms with Gasteiger partial charge in [-0.3, -0.25) is 4.90 Å². The highest BCUT2D eigenvalue weighted by Crippen LogP contribution is 2.24. The fourth-order valence-corrected chi connectivity index (χ4v) is 5.10. The molecule has 8 heteroatoms. The van der Waals surface area contributed by atoms with Gasteiger partial charge >= 0.3 is 0 Å². The maximum absolute atomic E-state index is 13.1. The number of benzene rings is 2. The van der Waals surface area contributed by atoms with E-state index in [-0.39, 0.29) is 17.0 Å². The van der Waals surface area contributed by atoms with Crippen molar-refractivity contribution < 1.29 is 17.9 Å². The molecule has 2 aromatic rings. The molecule has 0 spiro atoms. The Morgan fingerprint density at radius 3 is 2.48 bits per heavy atom. The number of morpholine rings is 1. The van der Waals surface area contributed by atoms with Crippen LogP contribution in [0.15, 0.2) is 53.4 Å². The van der Waals surface area contributed by atoms with Gasteiger partial charge in [0.05, 0.1) is 55.0 Å². The smallest absolute Gasteiger partial charge is 0.240 e. The summed E-state index contributed by atoms with van der Waals surface area (Å²) >= 11 is 0. The van der Waals surface area contributed by atoms with Gasteiger partial charge in [0.2, 0.25) is 10.0 Å². The number of nitrogens with zero attached hydrogens (tertiary/aromatic N) is 2. The van der Waals surface area contributed by atoms with Crippen LogP contribution in [-0.2, 0) is 19.5 Å². The predicted octanol–water partition coefficient (Wildman–Crippen LogP) is 1.60. The summed E-state index contributed by atoms with van der Waals surface area (Å²) in [6, 6.07) is 15.7. The van der Waals surface area contributed by atoms with E-state index < -0.39 is 10.0 Å². The van der Waals surface area contributed by atoms with Crippen LogP contribution in [0, 0.1) is 11.3 Å².